The van der Waals surface area contributed by atoms with Gasteiger partial charge in [0.25, 0.3) is 5.91 Å². The largest absolute Gasteiger partial charge is 0.483 e. The van der Waals surface area contributed by atoms with Crippen LogP contribution in [0, 0.1) is 33.5 Å². The van der Waals surface area contributed by atoms with Gasteiger partial charge in [-0.1, -0.05) is 6.07 Å². The molecule has 0 spiro atoms. The molecule has 3 rings (SSSR count). The molecule has 3 aromatic rings. The van der Waals surface area contributed by atoms with E-state index in [2.05, 4.69) is 16.4 Å². The second kappa shape index (κ2) is 7.88. The molecule has 1 amide bonds. The Labute approximate surface area is 162 Å². The van der Waals surface area contributed by atoms with E-state index in [9.17, 15) is 9.18 Å². The summed E-state index contributed by atoms with van der Waals surface area (Å²) in [5.41, 5.74) is 4.80. The summed E-state index contributed by atoms with van der Waals surface area (Å²) in [5.74, 6) is 0.150. The zero-order valence-corrected chi connectivity index (χ0v) is 16.5. The molecule has 0 aliphatic rings. The molecule has 1 aromatic heterocycles. The molecule has 0 bridgehead atoms. The summed E-state index contributed by atoms with van der Waals surface area (Å²) in [6.07, 6.45) is 0. The standard InChI is InChI=1S/C21H21FN2O2S/c1-12-9-13(2)14(3)18(10-12)26-11-19(25)23-21-24-20(15(4)27-21)16-5-7-17(22)8-6-16/h5-10H,11H2,1-4H3,(H,23,24,25). The summed E-state index contributed by atoms with van der Waals surface area (Å²) in [6, 6.07) is 10.1. The third-order valence-corrected chi connectivity index (χ3v) is 5.17. The first-order valence-electron chi connectivity index (χ1n) is 8.57. The lowest BCUT2D eigenvalue weighted by molar-refractivity contribution is -0.118. The predicted molar refractivity (Wildman–Crippen MR) is 107 cm³/mol. The van der Waals surface area contributed by atoms with E-state index in [0.29, 0.717) is 10.9 Å². The number of amides is 1. The number of thiazole rings is 1. The minimum atomic E-state index is -0.293. The van der Waals surface area contributed by atoms with Gasteiger partial charge < -0.3 is 4.74 Å². The molecule has 4 nitrogen and oxygen atoms in total. The van der Waals surface area contributed by atoms with Gasteiger partial charge in [0.2, 0.25) is 0 Å². The molecule has 0 aliphatic carbocycles. The van der Waals surface area contributed by atoms with Crippen LogP contribution < -0.4 is 10.1 Å². The molecule has 27 heavy (non-hydrogen) atoms. The maximum Gasteiger partial charge on any atom is 0.264 e. The highest BCUT2D eigenvalue weighted by Gasteiger charge is 2.13. The van der Waals surface area contributed by atoms with E-state index in [1.165, 1.54) is 23.5 Å². The summed E-state index contributed by atoms with van der Waals surface area (Å²) in [7, 11) is 0. The van der Waals surface area contributed by atoms with Gasteiger partial charge in [0.1, 0.15) is 11.6 Å². The van der Waals surface area contributed by atoms with Crippen LogP contribution in [0.1, 0.15) is 21.6 Å². The van der Waals surface area contributed by atoms with Crippen LogP contribution in [0.15, 0.2) is 36.4 Å². The number of ether oxygens (including phenoxy) is 1. The van der Waals surface area contributed by atoms with E-state index < -0.39 is 0 Å². The number of aryl methyl sites for hydroxylation is 3. The average Bonchev–Trinajstić information content (AvgIpc) is 2.97. The molecule has 6 heteroatoms. The van der Waals surface area contributed by atoms with Gasteiger partial charge in [-0.05, 0) is 74.7 Å². The summed E-state index contributed by atoms with van der Waals surface area (Å²) in [6.45, 7) is 7.82. The van der Waals surface area contributed by atoms with Crippen molar-refractivity contribution in [3.8, 4) is 17.0 Å². The minimum absolute atomic E-state index is 0.0890. The van der Waals surface area contributed by atoms with Crippen molar-refractivity contribution >= 4 is 22.4 Å². The number of aromatic nitrogens is 1. The SMILES string of the molecule is Cc1cc(C)c(C)c(OCC(=O)Nc2nc(-c3ccc(F)cc3)c(C)s2)c1. The van der Waals surface area contributed by atoms with Gasteiger partial charge in [-0.2, -0.15) is 0 Å². The number of benzene rings is 2. The Balaban J connectivity index is 1.67. The van der Waals surface area contributed by atoms with Crippen LogP contribution in [-0.4, -0.2) is 17.5 Å². The van der Waals surface area contributed by atoms with Crippen molar-refractivity contribution in [2.45, 2.75) is 27.7 Å². The van der Waals surface area contributed by atoms with E-state index in [-0.39, 0.29) is 18.3 Å². The molecule has 0 unspecified atom stereocenters. The van der Waals surface area contributed by atoms with Crippen LogP contribution >= 0.6 is 11.3 Å². The van der Waals surface area contributed by atoms with Gasteiger partial charge in [-0.3, -0.25) is 10.1 Å². The lowest BCUT2D eigenvalue weighted by atomic mass is 10.1. The predicted octanol–water partition coefficient (Wildman–Crippen LogP) is 5.20. The van der Waals surface area contributed by atoms with Crippen LogP contribution in [0.5, 0.6) is 5.75 Å². The second-order valence-electron chi connectivity index (χ2n) is 6.47. The first-order valence-corrected chi connectivity index (χ1v) is 9.39. The van der Waals surface area contributed by atoms with E-state index in [1.807, 2.05) is 33.8 Å². The maximum atomic E-state index is 13.1. The highest BCUT2D eigenvalue weighted by atomic mass is 32.1. The van der Waals surface area contributed by atoms with Crippen molar-refractivity contribution in [1.82, 2.24) is 4.98 Å². The van der Waals surface area contributed by atoms with Crippen LogP contribution in [0.4, 0.5) is 9.52 Å². The number of carbonyl (C=O) groups excluding carboxylic acids is 1. The van der Waals surface area contributed by atoms with Gasteiger partial charge in [0.05, 0.1) is 5.69 Å². The molecule has 0 aliphatic heterocycles. The zero-order valence-electron chi connectivity index (χ0n) is 15.7. The number of carbonyl (C=O) groups is 1. The van der Waals surface area contributed by atoms with Crippen LogP contribution in [0.3, 0.4) is 0 Å². The van der Waals surface area contributed by atoms with E-state index >= 15 is 0 Å². The zero-order chi connectivity index (χ0) is 19.6. The van der Waals surface area contributed by atoms with E-state index in [4.69, 9.17) is 4.74 Å². The number of anilines is 1. The Morgan fingerprint density at radius 2 is 1.85 bits per heavy atom. The molecule has 0 radical (unpaired) electrons. The fraction of sp³-hybridized carbons (Fsp3) is 0.238. The third-order valence-electron chi connectivity index (χ3n) is 4.28. The smallest absolute Gasteiger partial charge is 0.264 e. The Kier molecular flexibility index (Phi) is 5.56. The highest BCUT2D eigenvalue weighted by Crippen LogP contribution is 2.30. The summed E-state index contributed by atoms with van der Waals surface area (Å²) in [5, 5.41) is 3.27. The van der Waals surface area contributed by atoms with Gasteiger partial charge in [-0.25, -0.2) is 9.37 Å². The number of nitrogens with one attached hydrogen (secondary N) is 1. The van der Waals surface area contributed by atoms with Gasteiger partial charge >= 0.3 is 0 Å². The van der Waals surface area contributed by atoms with Crippen molar-refractivity contribution < 1.29 is 13.9 Å². The lowest BCUT2D eigenvalue weighted by Crippen LogP contribution is -2.20. The first-order chi connectivity index (χ1) is 12.8. The second-order valence-corrected chi connectivity index (χ2v) is 7.68. The van der Waals surface area contributed by atoms with Crippen LogP contribution in [0.25, 0.3) is 11.3 Å². The third kappa shape index (κ3) is 4.52. The number of halogens is 1. The monoisotopic (exact) mass is 384 g/mol. The average molecular weight is 384 g/mol. The minimum Gasteiger partial charge on any atom is -0.483 e. The van der Waals surface area contributed by atoms with Gasteiger partial charge in [-0.15, -0.1) is 11.3 Å². The van der Waals surface area contributed by atoms with Crippen LogP contribution in [-0.2, 0) is 4.79 Å². The quantitative estimate of drug-likeness (QED) is 0.658. The molecule has 0 saturated carbocycles. The summed E-state index contributed by atoms with van der Waals surface area (Å²) in [4.78, 5) is 17.7. The maximum absolute atomic E-state index is 13.1. The van der Waals surface area contributed by atoms with E-state index in [1.54, 1.807) is 12.1 Å². The lowest BCUT2D eigenvalue weighted by Gasteiger charge is -2.11. The molecule has 0 fully saturated rings. The number of nitrogens with zero attached hydrogens (tertiary/aromatic N) is 1. The van der Waals surface area contributed by atoms with Crippen molar-refractivity contribution in [2.75, 3.05) is 11.9 Å². The molecule has 0 atom stereocenters. The summed E-state index contributed by atoms with van der Waals surface area (Å²) < 4.78 is 18.8. The molecular formula is C21H21FN2O2S. The Hall–Kier alpha value is -2.73. The van der Waals surface area contributed by atoms with Crippen molar-refractivity contribution in [2.24, 2.45) is 0 Å². The number of hydrogen-bond donors (Lipinski definition) is 1. The van der Waals surface area contributed by atoms with Crippen molar-refractivity contribution in [3.63, 3.8) is 0 Å². The van der Waals surface area contributed by atoms with Crippen molar-refractivity contribution in [1.29, 1.82) is 0 Å². The molecule has 2 aromatic carbocycles. The molecule has 1 heterocycles. The topological polar surface area (TPSA) is 51.2 Å². The Bertz CT molecular complexity index is 981. The molecule has 1 N–H and O–H groups in total. The molecular weight excluding hydrogens is 363 g/mol. The molecule has 140 valence electrons. The highest BCUT2D eigenvalue weighted by molar-refractivity contribution is 7.16. The van der Waals surface area contributed by atoms with Crippen molar-refractivity contribution in [3.05, 3.63) is 63.8 Å². The van der Waals surface area contributed by atoms with Gasteiger partial charge in [0.15, 0.2) is 11.7 Å². The number of rotatable bonds is 5. The van der Waals surface area contributed by atoms with Gasteiger partial charge in [0, 0.05) is 10.4 Å². The normalized spacial score (nSPS) is 10.7. The molecule has 0 saturated heterocycles. The fourth-order valence-electron chi connectivity index (χ4n) is 2.77. The van der Waals surface area contributed by atoms with Crippen LogP contribution in [0.2, 0.25) is 0 Å². The fourth-order valence-corrected chi connectivity index (χ4v) is 3.63. The number of hydrogen-bond acceptors (Lipinski definition) is 4. The first kappa shape index (κ1) is 19.0. The summed E-state index contributed by atoms with van der Waals surface area (Å²) >= 11 is 1.38. The Morgan fingerprint density at radius 3 is 2.56 bits per heavy atom. The Morgan fingerprint density at radius 1 is 1.15 bits per heavy atom. The van der Waals surface area contributed by atoms with E-state index in [0.717, 1.165) is 32.8 Å².